The number of hydrogen-bond donors (Lipinski definition) is 0. The minimum absolute atomic E-state index is 0.0457. The predicted octanol–water partition coefficient (Wildman–Crippen LogP) is 5.61. The number of alkyl halides is 6. The summed E-state index contributed by atoms with van der Waals surface area (Å²) in [6.07, 6.45) is -8.78. The maximum absolute atomic E-state index is 13.0. The molecule has 164 valence electrons. The van der Waals surface area contributed by atoms with Crippen molar-refractivity contribution in [2.75, 3.05) is 0 Å². The molecule has 2 aromatic carbocycles. The van der Waals surface area contributed by atoms with Gasteiger partial charge in [0.15, 0.2) is 0 Å². The van der Waals surface area contributed by atoms with Crippen LogP contribution in [-0.2, 0) is 31.4 Å². The number of ether oxygens (including phenoxy) is 2. The van der Waals surface area contributed by atoms with Crippen LogP contribution in [0, 0.1) is 0 Å². The van der Waals surface area contributed by atoms with Gasteiger partial charge in [0.1, 0.15) is 5.57 Å². The molecular weight excluding hydrogens is 430 g/mol. The van der Waals surface area contributed by atoms with Gasteiger partial charge in [-0.3, -0.25) is 0 Å². The van der Waals surface area contributed by atoms with Gasteiger partial charge in [-0.2, -0.15) is 26.3 Å². The number of rotatable bonds is 2. The molecule has 1 heterocycles. The van der Waals surface area contributed by atoms with Crippen molar-refractivity contribution in [2.45, 2.75) is 32.0 Å². The van der Waals surface area contributed by atoms with Gasteiger partial charge in [0.25, 0.3) is 5.79 Å². The summed E-state index contributed by atoms with van der Waals surface area (Å²) in [4.78, 5) is 23.9. The van der Waals surface area contributed by atoms with Crippen LogP contribution in [0.5, 0.6) is 0 Å². The molecule has 0 saturated carbocycles. The summed E-state index contributed by atoms with van der Waals surface area (Å²) in [5.74, 6) is -3.26. The molecule has 1 aliphatic rings. The third-order valence-corrected chi connectivity index (χ3v) is 4.26. The Labute approximate surface area is 172 Å². The molecule has 2 aromatic rings. The second-order valence-corrected chi connectivity index (χ2v) is 7.15. The molecule has 4 nitrogen and oxygen atoms in total. The van der Waals surface area contributed by atoms with E-state index in [4.69, 9.17) is 9.47 Å². The molecule has 3 rings (SSSR count). The van der Waals surface area contributed by atoms with Gasteiger partial charge in [-0.25, -0.2) is 9.59 Å². The number of cyclic esters (lactones) is 2. The second-order valence-electron chi connectivity index (χ2n) is 7.15. The third kappa shape index (κ3) is 5.07. The van der Waals surface area contributed by atoms with Gasteiger partial charge in [-0.15, -0.1) is 0 Å². The van der Waals surface area contributed by atoms with Gasteiger partial charge in [0.2, 0.25) is 0 Å². The van der Waals surface area contributed by atoms with Crippen molar-refractivity contribution >= 4 is 18.0 Å². The highest BCUT2D eigenvalue weighted by atomic mass is 19.4. The zero-order valence-electron chi connectivity index (χ0n) is 16.0. The summed E-state index contributed by atoms with van der Waals surface area (Å²) >= 11 is 0. The van der Waals surface area contributed by atoms with Gasteiger partial charge in [-0.1, -0.05) is 24.3 Å². The number of carbonyl (C=O) groups excluding carboxylic acids is 2. The topological polar surface area (TPSA) is 52.6 Å². The molecule has 1 aliphatic heterocycles. The van der Waals surface area contributed by atoms with Crippen LogP contribution in [0.15, 0.2) is 48.0 Å². The van der Waals surface area contributed by atoms with Crippen molar-refractivity contribution in [2.24, 2.45) is 0 Å². The standard InChI is InChI=1S/C21H14F6O4/c1-19(2)30-17(28)16(18(29)31-19)7-11-3-5-12(6-4-11)13-8-14(20(22,23)24)10-15(9-13)21(25,26)27/h3-10H,1-2H3. The molecule has 0 amide bonds. The van der Waals surface area contributed by atoms with Gasteiger partial charge >= 0.3 is 24.3 Å². The van der Waals surface area contributed by atoms with Gasteiger partial charge in [0, 0.05) is 13.8 Å². The summed E-state index contributed by atoms with van der Waals surface area (Å²) < 4.78 is 88.1. The lowest BCUT2D eigenvalue weighted by Gasteiger charge is -2.29. The number of carbonyl (C=O) groups is 2. The summed E-state index contributed by atoms with van der Waals surface area (Å²) in [6, 6.07) is 6.47. The zero-order valence-corrected chi connectivity index (χ0v) is 16.0. The largest absolute Gasteiger partial charge is 0.419 e. The minimum atomic E-state index is -4.96. The maximum atomic E-state index is 13.0. The number of halogens is 6. The van der Waals surface area contributed by atoms with Crippen LogP contribution in [-0.4, -0.2) is 17.7 Å². The summed E-state index contributed by atoms with van der Waals surface area (Å²) in [5.41, 5.74) is -3.19. The fourth-order valence-corrected chi connectivity index (χ4v) is 2.84. The number of hydrogen-bond acceptors (Lipinski definition) is 4. The normalized spacial score (nSPS) is 16.6. The molecule has 0 radical (unpaired) electrons. The summed E-state index contributed by atoms with van der Waals surface area (Å²) in [6.45, 7) is 2.75. The van der Waals surface area contributed by atoms with Crippen LogP contribution in [0.1, 0.15) is 30.5 Å². The predicted molar refractivity (Wildman–Crippen MR) is 96.1 cm³/mol. The second kappa shape index (κ2) is 7.44. The van der Waals surface area contributed by atoms with Crippen molar-refractivity contribution < 1.29 is 45.4 Å². The van der Waals surface area contributed by atoms with Crippen molar-refractivity contribution in [1.82, 2.24) is 0 Å². The SMILES string of the molecule is CC1(C)OC(=O)C(=Cc2ccc(-c3cc(C(F)(F)F)cc(C(F)(F)F)c3)cc2)C(=O)O1. The Kier molecular flexibility index (Phi) is 5.37. The van der Waals surface area contributed by atoms with E-state index in [0.717, 1.165) is 6.08 Å². The Hall–Kier alpha value is -3.30. The van der Waals surface area contributed by atoms with Crippen molar-refractivity contribution in [3.8, 4) is 11.1 Å². The first-order valence-electron chi connectivity index (χ1n) is 8.74. The Balaban J connectivity index is 1.97. The van der Waals surface area contributed by atoms with E-state index in [1.54, 1.807) is 0 Å². The molecule has 1 fully saturated rings. The highest BCUT2D eigenvalue weighted by Gasteiger charge is 2.39. The van der Waals surface area contributed by atoms with Crippen molar-refractivity contribution in [3.63, 3.8) is 0 Å². The zero-order chi connectivity index (χ0) is 23.2. The van der Waals surface area contributed by atoms with E-state index >= 15 is 0 Å². The molecule has 0 atom stereocenters. The molecule has 10 heteroatoms. The van der Waals surface area contributed by atoms with E-state index in [0.29, 0.717) is 12.1 Å². The molecular formula is C21H14F6O4. The first-order valence-corrected chi connectivity index (χ1v) is 8.74. The van der Waals surface area contributed by atoms with Crippen molar-refractivity contribution in [3.05, 3.63) is 64.7 Å². The summed E-state index contributed by atoms with van der Waals surface area (Å²) in [7, 11) is 0. The maximum Gasteiger partial charge on any atom is 0.416 e. The highest BCUT2D eigenvalue weighted by Crippen LogP contribution is 2.38. The molecule has 0 aliphatic carbocycles. The Morgan fingerprint density at radius 2 is 1.19 bits per heavy atom. The van der Waals surface area contributed by atoms with Crippen LogP contribution >= 0.6 is 0 Å². The fraction of sp³-hybridized carbons (Fsp3) is 0.238. The first-order chi connectivity index (χ1) is 14.2. The van der Waals surface area contributed by atoms with Crippen LogP contribution < -0.4 is 0 Å². The van der Waals surface area contributed by atoms with E-state index in [1.165, 1.54) is 38.1 Å². The quantitative estimate of drug-likeness (QED) is 0.262. The first kappa shape index (κ1) is 22.4. The van der Waals surface area contributed by atoms with Crippen LogP contribution in [0.4, 0.5) is 26.3 Å². The Morgan fingerprint density at radius 3 is 1.61 bits per heavy atom. The summed E-state index contributed by atoms with van der Waals surface area (Å²) in [5, 5.41) is 0. The van der Waals surface area contributed by atoms with Crippen molar-refractivity contribution in [1.29, 1.82) is 0 Å². The molecule has 31 heavy (non-hydrogen) atoms. The molecule has 0 unspecified atom stereocenters. The third-order valence-electron chi connectivity index (χ3n) is 4.26. The van der Waals surface area contributed by atoms with Gasteiger partial charge < -0.3 is 9.47 Å². The lowest BCUT2D eigenvalue weighted by Crippen LogP contribution is -2.41. The molecule has 0 aromatic heterocycles. The van der Waals surface area contributed by atoms with E-state index in [2.05, 4.69) is 0 Å². The molecule has 1 saturated heterocycles. The Bertz CT molecular complexity index is 1010. The minimum Gasteiger partial charge on any atom is -0.419 e. The van der Waals surface area contributed by atoms with Crippen LogP contribution in [0.3, 0.4) is 0 Å². The molecule has 0 N–H and O–H groups in total. The van der Waals surface area contributed by atoms with E-state index < -0.39 is 46.8 Å². The monoisotopic (exact) mass is 444 g/mol. The lowest BCUT2D eigenvalue weighted by molar-refractivity contribution is -0.222. The highest BCUT2D eigenvalue weighted by molar-refractivity contribution is 6.18. The average molecular weight is 444 g/mol. The van der Waals surface area contributed by atoms with E-state index in [-0.39, 0.29) is 22.8 Å². The van der Waals surface area contributed by atoms with E-state index in [9.17, 15) is 35.9 Å². The number of benzene rings is 2. The van der Waals surface area contributed by atoms with E-state index in [1.807, 2.05) is 0 Å². The fourth-order valence-electron chi connectivity index (χ4n) is 2.84. The van der Waals surface area contributed by atoms with Crippen LogP contribution in [0.25, 0.3) is 17.2 Å². The van der Waals surface area contributed by atoms with Gasteiger partial charge in [-0.05, 0) is 41.0 Å². The van der Waals surface area contributed by atoms with Crippen LogP contribution in [0.2, 0.25) is 0 Å². The average Bonchev–Trinajstić information content (AvgIpc) is 2.63. The lowest BCUT2D eigenvalue weighted by atomic mass is 9.98. The smallest absolute Gasteiger partial charge is 0.416 e. The molecule has 0 bridgehead atoms. The van der Waals surface area contributed by atoms with Gasteiger partial charge in [0.05, 0.1) is 11.1 Å². The molecule has 0 spiro atoms. The number of esters is 2. The Morgan fingerprint density at radius 1 is 0.742 bits per heavy atom.